The molecule has 0 heterocycles. The highest BCUT2D eigenvalue weighted by molar-refractivity contribution is 6.32. The van der Waals surface area contributed by atoms with Gasteiger partial charge in [0, 0.05) is 12.2 Å². The number of hydrogen-bond donors (Lipinski definition) is 2. The molecule has 4 nitrogen and oxygen atoms in total. The monoisotopic (exact) mass is 283 g/mol. The van der Waals surface area contributed by atoms with Gasteiger partial charge in [0.1, 0.15) is 5.75 Å². The van der Waals surface area contributed by atoms with Gasteiger partial charge >= 0.3 is 0 Å². The Morgan fingerprint density at radius 1 is 1.37 bits per heavy atom. The van der Waals surface area contributed by atoms with Gasteiger partial charge in [-0.05, 0) is 49.8 Å². The minimum absolute atomic E-state index is 0.125. The third-order valence-electron chi connectivity index (χ3n) is 3.56. The summed E-state index contributed by atoms with van der Waals surface area (Å²) in [5.41, 5.74) is 5.56. The van der Waals surface area contributed by atoms with Gasteiger partial charge in [-0.15, -0.1) is 0 Å². The number of amides is 1. The first kappa shape index (κ1) is 14.2. The van der Waals surface area contributed by atoms with Crippen LogP contribution in [0.1, 0.15) is 36.0 Å². The van der Waals surface area contributed by atoms with Crippen molar-refractivity contribution in [2.45, 2.75) is 31.8 Å². The molecule has 1 amide bonds. The van der Waals surface area contributed by atoms with E-state index in [1.54, 1.807) is 12.1 Å². The summed E-state index contributed by atoms with van der Waals surface area (Å²) in [7, 11) is 0. The normalized spacial score (nSPS) is 23.1. The minimum Gasteiger partial charge on any atom is -0.489 e. The summed E-state index contributed by atoms with van der Waals surface area (Å²) >= 11 is 6.08. The number of carbonyl (C=O) groups excluding carboxylic acids is 1. The Bertz CT molecular complexity index is 456. The number of aliphatic hydroxyl groups excluding tert-OH is 1. The van der Waals surface area contributed by atoms with Gasteiger partial charge in [-0.1, -0.05) is 11.6 Å². The second kappa shape index (κ2) is 6.26. The Labute approximate surface area is 117 Å². The van der Waals surface area contributed by atoms with E-state index in [1.807, 2.05) is 0 Å². The fraction of sp³-hybridized carbons (Fsp3) is 0.500. The van der Waals surface area contributed by atoms with Crippen LogP contribution < -0.4 is 10.5 Å². The summed E-state index contributed by atoms with van der Waals surface area (Å²) in [6.07, 6.45) is 3.90. The molecule has 1 fully saturated rings. The molecule has 0 aromatic heterocycles. The van der Waals surface area contributed by atoms with Gasteiger partial charge in [-0.25, -0.2) is 0 Å². The van der Waals surface area contributed by atoms with E-state index >= 15 is 0 Å². The Morgan fingerprint density at radius 3 is 2.58 bits per heavy atom. The van der Waals surface area contributed by atoms with Crippen LogP contribution in [0.2, 0.25) is 5.02 Å². The molecule has 2 rings (SSSR count). The molecule has 1 aliphatic carbocycles. The molecule has 0 aliphatic heterocycles. The van der Waals surface area contributed by atoms with Crippen LogP contribution in [-0.4, -0.2) is 23.7 Å². The predicted octanol–water partition coefficient (Wildman–Crippen LogP) is 2.37. The first-order valence-electron chi connectivity index (χ1n) is 6.47. The average Bonchev–Trinajstić information content (AvgIpc) is 2.41. The maximum Gasteiger partial charge on any atom is 0.248 e. The van der Waals surface area contributed by atoms with E-state index in [4.69, 9.17) is 27.2 Å². The highest BCUT2D eigenvalue weighted by Gasteiger charge is 2.22. The third-order valence-corrected chi connectivity index (χ3v) is 3.86. The lowest BCUT2D eigenvalue weighted by molar-refractivity contribution is 0.0999. The number of ether oxygens (including phenoxy) is 1. The molecule has 3 N–H and O–H groups in total. The number of primary amides is 1. The Hall–Kier alpha value is -1.26. The van der Waals surface area contributed by atoms with Crippen LogP contribution in [-0.2, 0) is 0 Å². The number of carbonyl (C=O) groups is 1. The topological polar surface area (TPSA) is 72.6 Å². The van der Waals surface area contributed by atoms with E-state index in [2.05, 4.69) is 0 Å². The second-order valence-electron chi connectivity index (χ2n) is 4.95. The molecule has 104 valence electrons. The van der Waals surface area contributed by atoms with Crippen molar-refractivity contribution in [3.05, 3.63) is 28.8 Å². The Morgan fingerprint density at radius 2 is 2.05 bits per heavy atom. The van der Waals surface area contributed by atoms with Crippen molar-refractivity contribution < 1.29 is 14.6 Å². The fourth-order valence-corrected chi connectivity index (χ4v) is 2.59. The standard InChI is InChI=1S/C14H18ClNO3/c15-12-7-10(14(16)18)3-6-13(12)19-11-4-1-9(8-17)2-5-11/h3,6-7,9,11,17H,1-2,4-5,8H2,(H2,16,18). The van der Waals surface area contributed by atoms with Crippen LogP contribution >= 0.6 is 11.6 Å². The summed E-state index contributed by atoms with van der Waals surface area (Å²) in [5, 5.41) is 9.49. The molecule has 5 heteroatoms. The number of nitrogens with two attached hydrogens (primary N) is 1. The molecule has 0 bridgehead atoms. The van der Waals surface area contributed by atoms with E-state index in [1.165, 1.54) is 6.07 Å². The lowest BCUT2D eigenvalue weighted by Gasteiger charge is -2.28. The summed E-state index contributed by atoms with van der Waals surface area (Å²) in [6.45, 7) is 0.251. The SMILES string of the molecule is NC(=O)c1ccc(OC2CCC(CO)CC2)c(Cl)c1. The van der Waals surface area contributed by atoms with Crippen LogP contribution in [0, 0.1) is 5.92 Å². The quantitative estimate of drug-likeness (QED) is 0.891. The summed E-state index contributed by atoms with van der Waals surface area (Å²) in [4.78, 5) is 11.0. The molecular weight excluding hydrogens is 266 g/mol. The molecule has 1 aromatic rings. The molecule has 19 heavy (non-hydrogen) atoms. The van der Waals surface area contributed by atoms with E-state index < -0.39 is 5.91 Å². The van der Waals surface area contributed by atoms with Crippen LogP contribution in [0.3, 0.4) is 0 Å². The zero-order chi connectivity index (χ0) is 13.8. The minimum atomic E-state index is -0.503. The summed E-state index contributed by atoms with van der Waals surface area (Å²) in [6, 6.07) is 4.82. The molecule has 0 atom stereocenters. The number of aliphatic hydroxyl groups is 1. The van der Waals surface area contributed by atoms with Crippen molar-refractivity contribution in [1.29, 1.82) is 0 Å². The highest BCUT2D eigenvalue weighted by atomic mass is 35.5. The largest absolute Gasteiger partial charge is 0.489 e. The van der Waals surface area contributed by atoms with Crippen LogP contribution in [0.5, 0.6) is 5.75 Å². The zero-order valence-corrected chi connectivity index (χ0v) is 11.4. The fourth-order valence-electron chi connectivity index (χ4n) is 2.36. The first-order chi connectivity index (χ1) is 9.10. The smallest absolute Gasteiger partial charge is 0.248 e. The Balaban J connectivity index is 1.98. The van der Waals surface area contributed by atoms with Gasteiger partial charge in [0.15, 0.2) is 0 Å². The zero-order valence-electron chi connectivity index (χ0n) is 10.6. The molecular formula is C14H18ClNO3. The van der Waals surface area contributed by atoms with E-state index in [0.717, 1.165) is 25.7 Å². The van der Waals surface area contributed by atoms with Crippen molar-refractivity contribution in [2.75, 3.05) is 6.61 Å². The molecule has 0 radical (unpaired) electrons. The van der Waals surface area contributed by atoms with E-state index in [9.17, 15) is 4.79 Å². The van der Waals surface area contributed by atoms with Crippen molar-refractivity contribution >= 4 is 17.5 Å². The van der Waals surface area contributed by atoms with Crippen molar-refractivity contribution in [3.63, 3.8) is 0 Å². The van der Waals surface area contributed by atoms with Crippen molar-refractivity contribution in [2.24, 2.45) is 11.7 Å². The predicted molar refractivity (Wildman–Crippen MR) is 73.4 cm³/mol. The maximum atomic E-state index is 11.0. The van der Waals surface area contributed by atoms with Gasteiger partial charge < -0.3 is 15.6 Å². The van der Waals surface area contributed by atoms with Crippen LogP contribution in [0.25, 0.3) is 0 Å². The highest BCUT2D eigenvalue weighted by Crippen LogP contribution is 2.31. The summed E-state index contributed by atoms with van der Waals surface area (Å²) in [5.74, 6) is 0.476. The van der Waals surface area contributed by atoms with Gasteiger partial charge in [-0.2, -0.15) is 0 Å². The average molecular weight is 284 g/mol. The number of hydrogen-bond acceptors (Lipinski definition) is 3. The van der Waals surface area contributed by atoms with Crippen LogP contribution in [0.4, 0.5) is 0 Å². The number of rotatable bonds is 4. The molecule has 0 spiro atoms. The number of benzene rings is 1. The molecule has 0 saturated heterocycles. The van der Waals surface area contributed by atoms with E-state index in [-0.39, 0.29) is 12.7 Å². The maximum absolute atomic E-state index is 11.0. The molecule has 1 saturated carbocycles. The lowest BCUT2D eigenvalue weighted by atomic mass is 9.88. The first-order valence-corrected chi connectivity index (χ1v) is 6.85. The van der Waals surface area contributed by atoms with Gasteiger partial charge in [-0.3, -0.25) is 4.79 Å². The number of halogens is 1. The van der Waals surface area contributed by atoms with Crippen LogP contribution in [0.15, 0.2) is 18.2 Å². The van der Waals surface area contributed by atoms with Gasteiger partial charge in [0.25, 0.3) is 0 Å². The third kappa shape index (κ3) is 3.61. The summed E-state index contributed by atoms with van der Waals surface area (Å²) < 4.78 is 5.85. The van der Waals surface area contributed by atoms with Crippen molar-refractivity contribution in [1.82, 2.24) is 0 Å². The van der Waals surface area contributed by atoms with Gasteiger partial charge in [0.05, 0.1) is 11.1 Å². The van der Waals surface area contributed by atoms with Crippen molar-refractivity contribution in [3.8, 4) is 5.75 Å². The molecule has 1 aromatic carbocycles. The van der Waals surface area contributed by atoms with Gasteiger partial charge in [0.2, 0.25) is 5.91 Å². The molecule has 1 aliphatic rings. The Kier molecular flexibility index (Phi) is 4.66. The molecule has 0 unspecified atom stereocenters. The lowest BCUT2D eigenvalue weighted by Crippen LogP contribution is -2.25. The van der Waals surface area contributed by atoms with E-state index in [0.29, 0.717) is 22.3 Å². The second-order valence-corrected chi connectivity index (χ2v) is 5.36.